The quantitative estimate of drug-likeness (QED) is 0.561. The third-order valence-electron chi connectivity index (χ3n) is 3.82. The van der Waals surface area contributed by atoms with Crippen molar-refractivity contribution in [3.8, 4) is 11.5 Å². The van der Waals surface area contributed by atoms with Gasteiger partial charge in [0.05, 0.1) is 11.9 Å². The Morgan fingerprint density at radius 3 is 2.89 bits per heavy atom. The maximum atomic E-state index is 12.5. The highest BCUT2D eigenvalue weighted by Crippen LogP contribution is 2.34. The van der Waals surface area contributed by atoms with Crippen LogP contribution in [-0.4, -0.2) is 45.3 Å². The zero-order chi connectivity index (χ0) is 19.4. The number of thioether (sulfide) groups is 1. The monoisotopic (exact) mass is 392 g/mol. The number of hydrogen-bond acceptors (Lipinski definition) is 8. The van der Waals surface area contributed by atoms with Crippen molar-refractivity contribution >= 4 is 29.3 Å². The highest BCUT2D eigenvalue weighted by atomic mass is 32.2. The molecule has 1 aliphatic rings. The third-order valence-corrected chi connectivity index (χ3v) is 4.96. The molecule has 2 heterocycles. The van der Waals surface area contributed by atoms with Crippen LogP contribution in [0.3, 0.4) is 0 Å². The summed E-state index contributed by atoms with van der Waals surface area (Å²) in [6.45, 7) is 4.01. The van der Waals surface area contributed by atoms with E-state index in [4.69, 9.17) is 14.2 Å². The molecular weight excluding hydrogens is 372 g/mol. The fourth-order valence-corrected chi connectivity index (χ4v) is 3.21. The first kappa shape index (κ1) is 19.0. The first-order valence-corrected chi connectivity index (χ1v) is 9.27. The Labute approximate surface area is 160 Å². The van der Waals surface area contributed by atoms with Crippen molar-refractivity contribution in [2.75, 3.05) is 18.7 Å². The Morgan fingerprint density at radius 1 is 1.33 bits per heavy atom. The second kappa shape index (κ2) is 8.30. The average molecular weight is 392 g/mol. The number of esters is 1. The maximum absolute atomic E-state index is 12.5. The molecule has 0 aliphatic carbocycles. The number of aromatic nitrogens is 3. The van der Waals surface area contributed by atoms with Gasteiger partial charge in [-0.25, -0.2) is 0 Å². The van der Waals surface area contributed by atoms with Crippen molar-refractivity contribution in [1.29, 1.82) is 0 Å². The molecule has 27 heavy (non-hydrogen) atoms. The van der Waals surface area contributed by atoms with Crippen LogP contribution in [0, 0.1) is 0 Å². The molecule has 1 amide bonds. The van der Waals surface area contributed by atoms with Crippen LogP contribution in [0.15, 0.2) is 23.4 Å². The highest BCUT2D eigenvalue weighted by molar-refractivity contribution is 8.00. The number of nitrogens with one attached hydrogen (secondary N) is 1. The highest BCUT2D eigenvalue weighted by Gasteiger charge is 2.21. The van der Waals surface area contributed by atoms with Crippen molar-refractivity contribution in [3.63, 3.8) is 0 Å². The van der Waals surface area contributed by atoms with Crippen molar-refractivity contribution in [1.82, 2.24) is 14.8 Å². The van der Waals surface area contributed by atoms with Crippen LogP contribution < -0.4 is 14.8 Å². The van der Waals surface area contributed by atoms with E-state index in [-0.39, 0.29) is 25.1 Å². The van der Waals surface area contributed by atoms with E-state index in [0.29, 0.717) is 34.8 Å². The number of ether oxygens (including phenoxy) is 3. The predicted octanol–water partition coefficient (Wildman–Crippen LogP) is 1.77. The lowest BCUT2D eigenvalue weighted by molar-refractivity contribution is -0.142. The molecule has 0 spiro atoms. The van der Waals surface area contributed by atoms with Crippen molar-refractivity contribution in [2.24, 2.45) is 7.05 Å². The van der Waals surface area contributed by atoms with E-state index < -0.39 is 5.25 Å². The molecule has 3 rings (SSSR count). The van der Waals surface area contributed by atoms with E-state index in [9.17, 15) is 9.59 Å². The first-order chi connectivity index (χ1) is 13.0. The van der Waals surface area contributed by atoms with Crippen LogP contribution in [0.5, 0.6) is 11.5 Å². The molecule has 0 unspecified atom stereocenters. The topological polar surface area (TPSA) is 105 Å². The molecular formula is C17H20N4O5S. The van der Waals surface area contributed by atoms with E-state index in [0.717, 1.165) is 0 Å². The van der Waals surface area contributed by atoms with Crippen LogP contribution >= 0.6 is 11.8 Å². The van der Waals surface area contributed by atoms with Gasteiger partial charge in [-0.1, -0.05) is 11.8 Å². The van der Waals surface area contributed by atoms with E-state index >= 15 is 0 Å². The summed E-state index contributed by atoms with van der Waals surface area (Å²) in [7, 11) is 1.75. The van der Waals surface area contributed by atoms with Gasteiger partial charge in [-0.2, -0.15) is 0 Å². The summed E-state index contributed by atoms with van der Waals surface area (Å²) in [5.41, 5.74) is 0.623. The molecule has 10 heteroatoms. The molecule has 2 aromatic rings. The lowest BCUT2D eigenvalue weighted by atomic mass is 10.2. The summed E-state index contributed by atoms with van der Waals surface area (Å²) < 4.78 is 17.2. The maximum Gasteiger partial charge on any atom is 0.313 e. The number of hydrogen-bond donors (Lipinski definition) is 1. The normalized spacial score (nSPS) is 13.3. The zero-order valence-corrected chi connectivity index (χ0v) is 16.0. The van der Waals surface area contributed by atoms with Gasteiger partial charge in [-0.15, -0.1) is 10.2 Å². The average Bonchev–Trinajstić information content (AvgIpc) is 3.23. The van der Waals surface area contributed by atoms with Gasteiger partial charge < -0.3 is 24.1 Å². The lowest BCUT2D eigenvalue weighted by Crippen LogP contribution is -2.22. The molecule has 144 valence electrons. The SMILES string of the molecule is CCOC(=O)Cc1nnc(S[C@H](C)C(=O)Nc2ccc3c(c2)OCO3)n1C. The zero-order valence-electron chi connectivity index (χ0n) is 15.2. The van der Waals surface area contributed by atoms with Crippen molar-refractivity contribution < 1.29 is 23.8 Å². The molecule has 0 saturated heterocycles. The summed E-state index contributed by atoms with van der Waals surface area (Å²) in [4.78, 5) is 24.1. The molecule has 1 aromatic carbocycles. The summed E-state index contributed by atoms with van der Waals surface area (Å²) in [5.74, 6) is 1.19. The van der Waals surface area contributed by atoms with Gasteiger partial charge in [-0.3, -0.25) is 9.59 Å². The van der Waals surface area contributed by atoms with E-state index in [1.165, 1.54) is 11.8 Å². The van der Waals surface area contributed by atoms with Gasteiger partial charge in [0.25, 0.3) is 0 Å². The summed E-state index contributed by atoms with van der Waals surface area (Å²) in [6.07, 6.45) is 0.0374. The molecule has 0 saturated carbocycles. The molecule has 1 atom stereocenters. The first-order valence-electron chi connectivity index (χ1n) is 8.39. The van der Waals surface area contributed by atoms with Gasteiger partial charge in [0.1, 0.15) is 12.2 Å². The molecule has 1 N–H and O–H groups in total. The van der Waals surface area contributed by atoms with Gasteiger partial charge in [0, 0.05) is 18.8 Å². The third kappa shape index (κ3) is 4.51. The van der Waals surface area contributed by atoms with Crippen molar-refractivity contribution in [2.45, 2.75) is 30.7 Å². The summed E-state index contributed by atoms with van der Waals surface area (Å²) in [6, 6.07) is 5.22. The minimum Gasteiger partial charge on any atom is -0.466 e. The van der Waals surface area contributed by atoms with Gasteiger partial charge >= 0.3 is 5.97 Å². The number of rotatable bonds is 7. The van der Waals surface area contributed by atoms with E-state index in [1.807, 2.05) is 0 Å². The van der Waals surface area contributed by atoms with Gasteiger partial charge in [0.15, 0.2) is 16.7 Å². The number of fused-ring (bicyclic) bond motifs is 1. The van der Waals surface area contributed by atoms with Crippen LogP contribution in [0.25, 0.3) is 0 Å². The minimum absolute atomic E-state index is 0.0374. The molecule has 1 aliphatic heterocycles. The molecule has 9 nitrogen and oxygen atoms in total. The van der Waals surface area contributed by atoms with Crippen LogP contribution in [0.4, 0.5) is 5.69 Å². The Kier molecular flexibility index (Phi) is 5.84. The van der Waals surface area contributed by atoms with E-state index in [1.54, 1.807) is 43.7 Å². The Balaban J connectivity index is 1.60. The second-order valence-corrected chi connectivity index (χ2v) is 7.06. The molecule has 0 fully saturated rings. The van der Waals surface area contributed by atoms with Crippen molar-refractivity contribution in [3.05, 3.63) is 24.0 Å². The van der Waals surface area contributed by atoms with Gasteiger partial charge in [-0.05, 0) is 26.0 Å². The fraction of sp³-hybridized carbons (Fsp3) is 0.412. The minimum atomic E-state index is -0.422. The van der Waals surface area contributed by atoms with Gasteiger partial charge in [0.2, 0.25) is 12.7 Å². The number of amides is 1. The number of carbonyl (C=O) groups excluding carboxylic acids is 2. The largest absolute Gasteiger partial charge is 0.466 e. The number of carbonyl (C=O) groups is 2. The number of benzene rings is 1. The summed E-state index contributed by atoms with van der Waals surface area (Å²) in [5, 5.41) is 11.0. The fourth-order valence-electron chi connectivity index (χ4n) is 2.37. The van der Waals surface area contributed by atoms with E-state index in [2.05, 4.69) is 15.5 Å². The van der Waals surface area contributed by atoms with Crippen LogP contribution in [0.2, 0.25) is 0 Å². The Morgan fingerprint density at radius 2 is 2.11 bits per heavy atom. The summed E-state index contributed by atoms with van der Waals surface area (Å²) >= 11 is 1.25. The number of anilines is 1. The Hall–Kier alpha value is -2.75. The number of nitrogens with zero attached hydrogens (tertiary/aromatic N) is 3. The van der Waals surface area contributed by atoms with Crippen LogP contribution in [0.1, 0.15) is 19.7 Å². The predicted molar refractivity (Wildman–Crippen MR) is 97.9 cm³/mol. The van der Waals surface area contributed by atoms with Crippen LogP contribution in [-0.2, 0) is 27.8 Å². The molecule has 0 radical (unpaired) electrons. The standard InChI is InChI=1S/C17H20N4O5S/c1-4-24-15(22)8-14-19-20-17(21(14)3)27-10(2)16(23)18-11-5-6-12-13(7-11)26-9-25-12/h5-7,10H,4,8-9H2,1-3H3,(H,18,23)/t10-/m1/s1. The second-order valence-electron chi connectivity index (χ2n) is 5.76. The molecule has 1 aromatic heterocycles. The Bertz CT molecular complexity index is 854. The molecule has 0 bridgehead atoms. The lowest BCUT2D eigenvalue weighted by Gasteiger charge is -2.12. The smallest absolute Gasteiger partial charge is 0.313 e.